The van der Waals surface area contributed by atoms with E-state index in [4.69, 9.17) is 0 Å². The zero-order valence-electron chi connectivity index (χ0n) is 15.9. The highest BCUT2D eigenvalue weighted by molar-refractivity contribution is 5.80. The molecule has 1 aliphatic carbocycles. The molecule has 0 fully saturated rings. The van der Waals surface area contributed by atoms with E-state index in [-0.39, 0.29) is 5.54 Å². The number of quaternary nitrogens is 1. The van der Waals surface area contributed by atoms with Crippen LogP contribution in [0.25, 0.3) is 0 Å². The molecule has 0 saturated heterocycles. The number of rotatable bonds is 9. The Balaban J connectivity index is 2.36. The number of Topliss-reactive ketones (excluding diaryl/α,β-unsaturated/α-hetero) is 1. The standard InChI is InChI=1S/C21H37NO/c1-16(2)14-20(23)15-17(3)8-7-9-18(4)19-10-12-21(5,22-6)13-11-19/h8,10,12,16,18-19H,6-7,9,11,13-15,22H2,1-5H3. The molecular formula is C21H37NO. The van der Waals surface area contributed by atoms with Crippen molar-refractivity contribution in [2.45, 2.75) is 78.7 Å². The summed E-state index contributed by atoms with van der Waals surface area (Å²) in [5.41, 5.74) is 1.44. The molecule has 0 bridgehead atoms. The van der Waals surface area contributed by atoms with Gasteiger partial charge in [0.25, 0.3) is 0 Å². The van der Waals surface area contributed by atoms with E-state index in [1.165, 1.54) is 24.8 Å². The summed E-state index contributed by atoms with van der Waals surface area (Å²) in [6, 6.07) is 0. The summed E-state index contributed by atoms with van der Waals surface area (Å²) in [5.74, 6) is 2.24. The van der Waals surface area contributed by atoms with Crippen LogP contribution in [0.5, 0.6) is 0 Å². The van der Waals surface area contributed by atoms with Gasteiger partial charge >= 0.3 is 0 Å². The molecule has 132 valence electrons. The monoisotopic (exact) mass is 319 g/mol. The largest absolute Gasteiger partial charge is 0.471 e. The Hall–Kier alpha value is -0.890. The lowest BCUT2D eigenvalue weighted by Gasteiger charge is -2.34. The summed E-state index contributed by atoms with van der Waals surface area (Å²) in [6.07, 6.45) is 13.1. The van der Waals surface area contributed by atoms with Gasteiger partial charge in [-0.25, -0.2) is 0 Å². The van der Waals surface area contributed by atoms with Crippen molar-refractivity contribution in [3.05, 3.63) is 30.8 Å². The van der Waals surface area contributed by atoms with Crippen LogP contribution in [0.4, 0.5) is 0 Å². The Morgan fingerprint density at radius 3 is 2.65 bits per heavy atom. The first-order valence-electron chi connectivity index (χ1n) is 9.26. The van der Waals surface area contributed by atoms with Crippen LogP contribution in [0.3, 0.4) is 0 Å². The van der Waals surface area contributed by atoms with E-state index in [0.717, 1.165) is 6.42 Å². The third-order valence-corrected chi connectivity index (χ3v) is 5.16. The first-order chi connectivity index (χ1) is 10.8. The molecule has 0 aromatic rings. The maximum absolute atomic E-state index is 11.8. The fourth-order valence-electron chi connectivity index (χ4n) is 3.36. The third-order valence-electron chi connectivity index (χ3n) is 5.16. The molecule has 2 heteroatoms. The van der Waals surface area contributed by atoms with Gasteiger partial charge in [-0.2, -0.15) is 7.05 Å². The van der Waals surface area contributed by atoms with Crippen molar-refractivity contribution < 1.29 is 10.1 Å². The predicted octanol–water partition coefficient (Wildman–Crippen LogP) is 4.43. The van der Waals surface area contributed by atoms with Crippen LogP contribution in [0, 0.1) is 24.8 Å². The molecule has 0 aromatic carbocycles. The minimum atomic E-state index is 0.198. The van der Waals surface area contributed by atoms with Crippen LogP contribution in [0.15, 0.2) is 23.8 Å². The Bertz CT molecular complexity index is 435. The zero-order chi connectivity index (χ0) is 17.5. The Morgan fingerprint density at radius 1 is 1.43 bits per heavy atom. The Morgan fingerprint density at radius 2 is 2.13 bits per heavy atom. The summed E-state index contributed by atoms with van der Waals surface area (Å²) in [6.45, 7) is 10.9. The predicted molar refractivity (Wildman–Crippen MR) is 98.8 cm³/mol. The second-order valence-corrected chi connectivity index (χ2v) is 8.19. The van der Waals surface area contributed by atoms with Crippen molar-refractivity contribution in [3.63, 3.8) is 0 Å². The van der Waals surface area contributed by atoms with Crippen LogP contribution in [0.1, 0.15) is 73.1 Å². The lowest BCUT2D eigenvalue weighted by atomic mass is 9.77. The van der Waals surface area contributed by atoms with Gasteiger partial charge in [0, 0.05) is 19.3 Å². The van der Waals surface area contributed by atoms with Crippen LogP contribution < -0.4 is 5.32 Å². The van der Waals surface area contributed by atoms with Crippen LogP contribution >= 0.6 is 0 Å². The molecule has 23 heavy (non-hydrogen) atoms. The van der Waals surface area contributed by atoms with E-state index in [9.17, 15) is 4.79 Å². The van der Waals surface area contributed by atoms with E-state index in [0.29, 0.717) is 36.4 Å². The van der Waals surface area contributed by atoms with Crippen LogP contribution in [0.2, 0.25) is 0 Å². The molecule has 3 atom stereocenters. The van der Waals surface area contributed by atoms with Crippen molar-refractivity contribution in [1.82, 2.24) is 0 Å². The summed E-state index contributed by atoms with van der Waals surface area (Å²) < 4.78 is 0. The van der Waals surface area contributed by atoms with Gasteiger partial charge < -0.3 is 5.32 Å². The fourth-order valence-corrected chi connectivity index (χ4v) is 3.36. The molecule has 0 spiro atoms. The lowest BCUT2D eigenvalue weighted by Crippen LogP contribution is -2.90. The number of carbonyl (C=O) groups excluding carboxylic acids is 1. The summed E-state index contributed by atoms with van der Waals surface area (Å²) in [5, 5.41) is 2.07. The lowest BCUT2D eigenvalue weighted by molar-refractivity contribution is -0.661. The highest BCUT2D eigenvalue weighted by Crippen LogP contribution is 2.30. The van der Waals surface area contributed by atoms with Gasteiger partial charge in [0.1, 0.15) is 5.78 Å². The maximum atomic E-state index is 11.8. The average Bonchev–Trinajstić information content (AvgIpc) is 2.46. The topological polar surface area (TPSA) is 33.7 Å². The molecule has 1 rings (SSSR count). The number of nitrogens with two attached hydrogens (primary N) is 1. The van der Waals surface area contributed by atoms with Gasteiger partial charge in [0.05, 0.1) is 5.54 Å². The molecule has 0 heterocycles. The molecule has 1 aliphatic rings. The van der Waals surface area contributed by atoms with Crippen molar-refractivity contribution >= 4 is 5.78 Å². The number of carbonyl (C=O) groups is 1. The van der Waals surface area contributed by atoms with Crippen LogP contribution in [-0.2, 0) is 4.79 Å². The summed E-state index contributed by atoms with van der Waals surface area (Å²) in [7, 11) is 3.95. The first kappa shape index (κ1) is 20.2. The molecule has 2 nitrogen and oxygen atoms in total. The second kappa shape index (κ2) is 9.42. The first-order valence-corrected chi connectivity index (χ1v) is 9.26. The number of hydrogen-bond donors (Lipinski definition) is 1. The highest BCUT2D eigenvalue weighted by Gasteiger charge is 2.28. The molecule has 0 amide bonds. The van der Waals surface area contributed by atoms with Crippen molar-refractivity contribution in [2.75, 3.05) is 0 Å². The van der Waals surface area contributed by atoms with Crippen molar-refractivity contribution in [3.8, 4) is 0 Å². The SMILES string of the molecule is [CH2-][NH2+]C1(C)C=CC(C(C)CCC=C(C)CC(=O)CC(C)C)CC1. The van der Waals surface area contributed by atoms with Gasteiger partial charge in [-0.15, -0.1) is 0 Å². The Kier molecular flexibility index (Phi) is 8.25. The normalized spacial score (nSPS) is 26.6. The van der Waals surface area contributed by atoms with Crippen molar-refractivity contribution in [1.29, 1.82) is 0 Å². The highest BCUT2D eigenvalue weighted by atomic mass is 16.1. The van der Waals surface area contributed by atoms with E-state index in [2.05, 4.69) is 65.2 Å². The number of hydrogen-bond acceptors (Lipinski definition) is 1. The average molecular weight is 320 g/mol. The van der Waals surface area contributed by atoms with Gasteiger partial charge in [0.2, 0.25) is 0 Å². The van der Waals surface area contributed by atoms with Gasteiger partial charge in [-0.05, 0) is 56.9 Å². The van der Waals surface area contributed by atoms with Gasteiger partial charge in [0.15, 0.2) is 0 Å². The van der Waals surface area contributed by atoms with E-state index >= 15 is 0 Å². The van der Waals surface area contributed by atoms with Crippen molar-refractivity contribution in [2.24, 2.45) is 17.8 Å². The minimum Gasteiger partial charge on any atom is -0.471 e. The van der Waals surface area contributed by atoms with Gasteiger partial charge in [-0.3, -0.25) is 4.79 Å². The maximum Gasteiger partial charge on any atom is 0.137 e. The molecule has 0 aromatic heterocycles. The molecule has 0 aliphatic heterocycles. The molecule has 3 unspecified atom stereocenters. The number of ketones is 1. The molecule has 2 N–H and O–H groups in total. The van der Waals surface area contributed by atoms with E-state index in [1.807, 2.05) is 0 Å². The summed E-state index contributed by atoms with van der Waals surface area (Å²) in [4.78, 5) is 11.8. The Labute approximate surface area is 143 Å². The molecular weight excluding hydrogens is 282 g/mol. The van der Waals surface area contributed by atoms with E-state index in [1.54, 1.807) is 0 Å². The zero-order valence-corrected chi connectivity index (χ0v) is 15.9. The van der Waals surface area contributed by atoms with Crippen LogP contribution in [-0.4, -0.2) is 11.3 Å². The fraction of sp³-hybridized carbons (Fsp3) is 0.714. The summed E-state index contributed by atoms with van der Waals surface area (Å²) >= 11 is 0. The molecule has 0 saturated carbocycles. The second-order valence-electron chi connectivity index (χ2n) is 8.19. The number of allylic oxidation sites excluding steroid dienone is 3. The smallest absolute Gasteiger partial charge is 0.137 e. The molecule has 0 radical (unpaired) electrons. The van der Waals surface area contributed by atoms with E-state index < -0.39 is 0 Å². The quantitative estimate of drug-likeness (QED) is 0.495. The van der Waals surface area contributed by atoms with Gasteiger partial charge in [-0.1, -0.05) is 38.5 Å². The third kappa shape index (κ3) is 7.48. The minimum absolute atomic E-state index is 0.198.